The van der Waals surface area contributed by atoms with E-state index in [1.54, 1.807) is 11.3 Å². The lowest BCUT2D eigenvalue weighted by Gasteiger charge is -1.81. The van der Waals surface area contributed by atoms with E-state index in [0.29, 0.717) is 5.89 Å². The average molecular weight is 292 g/mol. The SMILES string of the molecule is ICc1noc(-c2cccs2)n1. The van der Waals surface area contributed by atoms with Gasteiger partial charge in [-0.05, 0) is 11.4 Å². The molecule has 0 amide bonds. The van der Waals surface area contributed by atoms with Crippen LogP contribution in [0.15, 0.2) is 22.0 Å². The summed E-state index contributed by atoms with van der Waals surface area (Å²) in [5.74, 6) is 1.37. The summed E-state index contributed by atoms with van der Waals surface area (Å²) in [6.45, 7) is 0. The zero-order valence-corrected chi connectivity index (χ0v) is 9.00. The third-order valence-electron chi connectivity index (χ3n) is 1.32. The number of nitrogens with zero attached hydrogens (tertiary/aromatic N) is 2. The van der Waals surface area contributed by atoms with Crippen molar-refractivity contribution in [3.63, 3.8) is 0 Å². The van der Waals surface area contributed by atoms with Gasteiger partial charge in [0.2, 0.25) is 0 Å². The molecule has 0 unspecified atom stereocenters. The number of aromatic nitrogens is 2. The lowest BCUT2D eigenvalue weighted by atomic mass is 10.5. The van der Waals surface area contributed by atoms with Gasteiger partial charge in [-0.1, -0.05) is 33.8 Å². The molecular weight excluding hydrogens is 287 g/mol. The predicted octanol–water partition coefficient (Wildman–Crippen LogP) is 2.73. The number of alkyl halides is 1. The van der Waals surface area contributed by atoms with Crippen molar-refractivity contribution < 1.29 is 4.52 Å². The molecule has 0 N–H and O–H groups in total. The van der Waals surface area contributed by atoms with Gasteiger partial charge in [0.25, 0.3) is 5.89 Å². The average Bonchev–Trinajstić information content (AvgIpc) is 2.75. The van der Waals surface area contributed by atoms with E-state index in [4.69, 9.17) is 4.52 Å². The van der Waals surface area contributed by atoms with Crippen molar-refractivity contribution in [3.8, 4) is 10.8 Å². The molecule has 3 nitrogen and oxygen atoms in total. The first-order valence-corrected chi connectivity index (χ1v) is 5.73. The quantitative estimate of drug-likeness (QED) is 0.631. The molecule has 12 heavy (non-hydrogen) atoms. The Bertz CT molecular complexity index is 357. The van der Waals surface area contributed by atoms with E-state index in [1.807, 2.05) is 17.5 Å². The monoisotopic (exact) mass is 292 g/mol. The number of halogens is 1. The first kappa shape index (κ1) is 8.18. The topological polar surface area (TPSA) is 38.9 Å². The van der Waals surface area contributed by atoms with Crippen LogP contribution in [0.2, 0.25) is 0 Å². The van der Waals surface area contributed by atoms with Crippen LogP contribution < -0.4 is 0 Å². The molecule has 2 rings (SSSR count). The van der Waals surface area contributed by atoms with Gasteiger partial charge in [-0.25, -0.2) is 0 Å². The number of thiophene rings is 1. The molecule has 62 valence electrons. The van der Waals surface area contributed by atoms with Crippen molar-refractivity contribution in [1.82, 2.24) is 10.1 Å². The highest BCUT2D eigenvalue weighted by Crippen LogP contribution is 2.22. The minimum atomic E-state index is 0.622. The van der Waals surface area contributed by atoms with Crippen LogP contribution in [0.5, 0.6) is 0 Å². The normalized spacial score (nSPS) is 10.4. The van der Waals surface area contributed by atoms with Gasteiger partial charge in [-0.3, -0.25) is 0 Å². The molecule has 0 aliphatic carbocycles. The smallest absolute Gasteiger partial charge is 0.268 e. The van der Waals surface area contributed by atoms with Crippen LogP contribution >= 0.6 is 33.9 Å². The maximum atomic E-state index is 5.04. The van der Waals surface area contributed by atoms with Crippen LogP contribution in [0.1, 0.15) is 5.82 Å². The second-order valence-electron chi connectivity index (χ2n) is 2.13. The summed E-state index contributed by atoms with van der Waals surface area (Å²) in [6, 6.07) is 3.93. The number of rotatable bonds is 2. The highest BCUT2D eigenvalue weighted by Gasteiger charge is 2.07. The molecule has 0 atom stereocenters. The Balaban J connectivity index is 2.35. The number of hydrogen-bond donors (Lipinski definition) is 0. The molecule has 0 aliphatic rings. The van der Waals surface area contributed by atoms with E-state index in [9.17, 15) is 0 Å². The molecule has 2 aromatic rings. The molecule has 2 aromatic heterocycles. The van der Waals surface area contributed by atoms with Gasteiger partial charge in [0.1, 0.15) is 0 Å². The van der Waals surface area contributed by atoms with E-state index < -0.39 is 0 Å². The molecule has 0 spiro atoms. The van der Waals surface area contributed by atoms with Crippen LogP contribution in [-0.4, -0.2) is 10.1 Å². The van der Waals surface area contributed by atoms with Crippen LogP contribution in [0, 0.1) is 0 Å². The van der Waals surface area contributed by atoms with Gasteiger partial charge in [-0.15, -0.1) is 11.3 Å². The molecule has 5 heteroatoms. The summed E-state index contributed by atoms with van der Waals surface area (Å²) >= 11 is 3.80. The zero-order valence-electron chi connectivity index (χ0n) is 6.03. The maximum Gasteiger partial charge on any atom is 0.268 e. The summed E-state index contributed by atoms with van der Waals surface area (Å²) in [7, 11) is 0. The van der Waals surface area contributed by atoms with Gasteiger partial charge in [0.05, 0.1) is 9.30 Å². The van der Waals surface area contributed by atoms with Crippen LogP contribution in [-0.2, 0) is 4.43 Å². The van der Waals surface area contributed by atoms with Crippen molar-refractivity contribution in [2.45, 2.75) is 4.43 Å². The highest BCUT2D eigenvalue weighted by atomic mass is 127. The third-order valence-corrected chi connectivity index (χ3v) is 2.86. The fourth-order valence-corrected chi connectivity index (χ4v) is 1.76. The van der Waals surface area contributed by atoms with Crippen molar-refractivity contribution in [2.24, 2.45) is 0 Å². The van der Waals surface area contributed by atoms with E-state index in [1.165, 1.54) is 0 Å². The van der Waals surface area contributed by atoms with Gasteiger partial charge in [-0.2, -0.15) is 4.98 Å². The molecular formula is C7H5IN2OS. The molecule has 0 fully saturated rings. The molecule has 0 bridgehead atoms. The Hall–Kier alpha value is -0.430. The Morgan fingerprint density at radius 1 is 1.58 bits per heavy atom. The predicted molar refractivity (Wildman–Crippen MR) is 55.3 cm³/mol. The first-order valence-electron chi connectivity index (χ1n) is 3.32. The fraction of sp³-hybridized carbons (Fsp3) is 0.143. The summed E-state index contributed by atoms with van der Waals surface area (Å²) in [4.78, 5) is 5.22. The summed E-state index contributed by atoms with van der Waals surface area (Å²) in [5, 5.41) is 5.79. The molecule has 0 aliphatic heterocycles. The number of hydrogen-bond acceptors (Lipinski definition) is 4. The summed E-state index contributed by atoms with van der Waals surface area (Å²) < 4.78 is 5.83. The van der Waals surface area contributed by atoms with E-state index >= 15 is 0 Å². The largest absolute Gasteiger partial charge is 0.333 e. The van der Waals surface area contributed by atoms with Crippen molar-refractivity contribution in [1.29, 1.82) is 0 Å². The molecule has 0 saturated carbocycles. The van der Waals surface area contributed by atoms with E-state index in [2.05, 4.69) is 32.7 Å². The molecule has 0 aromatic carbocycles. The highest BCUT2D eigenvalue weighted by molar-refractivity contribution is 14.1. The van der Waals surface area contributed by atoms with Gasteiger partial charge in [0.15, 0.2) is 5.82 Å². The Morgan fingerprint density at radius 2 is 2.50 bits per heavy atom. The van der Waals surface area contributed by atoms with Crippen molar-refractivity contribution >= 4 is 33.9 Å². The Labute approximate surface area is 86.9 Å². The molecule has 2 heterocycles. The molecule has 0 radical (unpaired) electrons. The van der Waals surface area contributed by atoms with Gasteiger partial charge in [0, 0.05) is 0 Å². The van der Waals surface area contributed by atoms with E-state index in [-0.39, 0.29) is 0 Å². The zero-order chi connectivity index (χ0) is 8.39. The molecule has 0 saturated heterocycles. The lowest BCUT2D eigenvalue weighted by molar-refractivity contribution is 0.426. The second kappa shape index (κ2) is 3.53. The second-order valence-corrected chi connectivity index (χ2v) is 3.84. The third kappa shape index (κ3) is 1.51. The van der Waals surface area contributed by atoms with Crippen LogP contribution in [0.25, 0.3) is 10.8 Å². The Kier molecular flexibility index (Phi) is 2.40. The van der Waals surface area contributed by atoms with E-state index in [0.717, 1.165) is 15.1 Å². The minimum absolute atomic E-state index is 0.622. The van der Waals surface area contributed by atoms with Gasteiger partial charge >= 0.3 is 0 Å². The first-order chi connectivity index (χ1) is 5.90. The summed E-state index contributed by atoms with van der Waals surface area (Å²) in [5.41, 5.74) is 0. The lowest BCUT2D eigenvalue weighted by Crippen LogP contribution is -1.77. The van der Waals surface area contributed by atoms with Crippen LogP contribution in [0.4, 0.5) is 0 Å². The Morgan fingerprint density at radius 3 is 3.08 bits per heavy atom. The minimum Gasteiger partial charge on any atom is -0.333 e. The van der Waals surface area contributed by atoms with Gasteiger partial charge < -0.3 is 4.52 Å². The van der Waals surface area contributed by atoms with Crippen LogP contribution in [0.3, 0.4) is 0 Å². The standard InChI is InChI=1S/C7H5IN2OS/c8-4-6-9-7(11-10-6)5-2-1-3-12-5/h1-3H,4H2. The maximum absolute atomic E-state index is 5.04. The fourth-order valence-electron chi connectivity index (χ4n) is 0.809. The van der Waals surface area contributed by atoms with Crippen molar-refractivity contribution in [2.75, 3.05) is 0 Å². The summed E-state index contributed by atoms with van der Waals surface area (Å²) in [6.07, 6.45) is 0. The van der Waals surface area contributed by atoms with Crippen molar-refractivity contribution in [3.05, 3.63) is 23.3 Å².